The number of aliphatic hydroxyl groups excluding tert-OH is 1. The lowest BCUT2D eigenvalue weighted by atomic mass is 10.0. The van der Waals surface area contributed by atoms with Crippen LogP contribution in [0.2, 0.25) is 0 Å². The van der Waals surface area contributed by atoms with Gasteiger partial charge in [-0.2, -0.15) is 13.2 Å². The molecule has 0 aromatic rings. The number of aliphatic carboxylic acids is 1. The van der Waals surface area contributed by atoms with Crippen molar-refractivity contribution in [3.05, 3.63) is 0 Å². The van der Waals surface area contributed by atoms with Crippen molar-refractivity contribution < 1.29 is 28.2 Å². The second-order valence-electron chi connectivity index (χ2n) is 3.40. The minimum atomic E-state index is -5.08. The van der Waals surface area contributed by atoms with E-state index in [9.17, 15) is 13.2 Å². The molecule has 1 unspecified atom stereocenters. The van der Waals surface area contributed by atoms with Crippen LogP contribution >= 0.6 is 0 Å². The van der Waals surface area contributed by atoms with E-state index in [2.05, 4.69) is 13.8 Å². The smallest absolute Gasteiger partial charge is 0.475 e. The fraction of sp³-hybridized carbons (Fsp3) is 0.900. The number of aliphatic hydroxyl groups is 1. The van der Waals surface area contributed by atoms with Crippen molar-refractivity contribution in [3.8, 4) is 0 Å². The molecule has 2 N–H and O–H groups in total. The van der Waals surface area contributed by atoms with Crippen molar-refractivity contribution >= 4 is 5.97 Å². The van der Waals surface area contributed by atoms with Crippen molar-refractivity contribution in [2.45, 2.75) is 45.7 Å². The fourth-order valence-corrected chi connectivity index (χ4v) is 0.917. The zero-order valence-electron chi connectivity index (χ0n) is 9.55. The molecule has 0 aliphatic carbocycles. The van der Waals surface area contributed by atoms with E-state index >= 15 is 0 Å². The van der Waals surface area contributed by atoms with Gasteiger partial charge in [0.05, 0.1) is 0 Å². The lowest BCUT2D eigenvalue weighted by Crippen LogP contribution is -2.21. The second-order valence-corrected chi connectivity index (χ2v) is 3.40. The summed E-state index contributed by atoms with van der Waals surface area (Å²) < 4.78 is 31.7. The minimum Gasteiger partial charge on any atom is -0.475 e. The summed E-state index contributed by atoms with van der Waals surface area (Å²) >= 11 is 0. The lowest BCUT2D eigenvalue weighted by Gasteiger charge is -2.08. The molecule has 0 heterocycles. The molecular formula is C10H19F3O3. The largest absolute Gasteiger partial charge is 0.490 e. The van der Waals surface area contributed by atoms with Crippen molar-refractivity contribution in [1.82, 2.24) is 0 Å². The Bertz CT molecular complexity index is 177. The molecule has 98 valence electrons. The highest BCUT2D eigenvalue weighted by Crippen LogP contribution is 2.13. The van der Waals surface area contributed by atoms with E-state index in [4.69, 9.17) is 15.0 Å². The summed E-state index contributed by atoms with van der Waals surface area (Å²) in [6.45, 7) is 4.69. The molecule has 0 saturated carbocycles. The van der Waals surface area contributed by atoms with Crippen LogP contribution in [0.1, 0.15) is 39.5 Å². The number of carboxylic acid groups (broad SMARTS) is 1. The Kier molecular flexibility index (Phi) is 10.4. The summed E-state index contributed by atoms with van der Waals surface area (Å²) in [6, 6.07) is 0. The Hall–Kier alpha value is -0.780. The average Bonchev–Trinajstić information content (AvgIpc) is 2.19. The summed E-state index contributed by atoms with van der Waals surface area (Å²) in [7, 11) is 0. The average molecular weight is 244 g/mol. The van der Waals surface area contributed by atoms with E-state index in [0.29, 0.717) is 12.5 Å². The number of halogens is 3. The van der Waals surface area contributed by atoms with Crippen LogP contribution in [-0.4, -0.2) is 29.0 Å². The predicted octanol–water partition coefficient (Wildman–Crippen LogP) is 2.83. The Morgan fingerprint density at radius 1 is 1.31 bits per heavy atom. The van der Waals surface area contributed by atoms with E-state index in [1.807, 2.05) is 0 Å². The third kappa shape index (κ3) is 11.3. The van der Waals surface area contributed by atoms with Gasteiger partial charge in [0.15, 0.2) is 0 Å². The molecule has 0 fully saturated rings. The molecule has 0 rings (SSSR count). The van der Waals surface area contributed by atoms with E-state index in [1.165, 1.54) is 19.3 Å². The van der Waals surface area contributed by atoms with Crippen molar-refractivity contribution in [2.24, 2.45) is 5.92 Å². The van der Waals surface area contributed by atoms with Gasteiger partial charge in [-0.05, 0) is 12.3 Å². The zero-order chi connectivity index (χ0) is 13.2. The zero-order valence-corrected chi connectivity index (χ0v) is 9.55. The SMILES string of the molecule is CCCCC(CC)CO.O=C(O)C(F)(F)F. The highest BCUT2D eigenvalue weighted by molar-refractivity contribution is 5.73. The van der Waals surface area contributed by atoms with Gasteiger partial charge in [0, 0.05) is 6.61 Å². The Balaban J connectivity index is 0. The van der Waals surface area contributed by atoms with E-state index in [-0.39, 0.29) is 0 Å². The van der Waals surface area contributed by atoms with E-state index in [0.717, 1.165) is 6.42 Å². The molecule has 0 amide bonds. The molecule has 1 atom stereocenters. The number of rotatable bonds is 5. The summed E-state index contributed by atoms with van der Waals surface area (Å²) in [4.78, 5) is 8.90. The molecule has 16 heavy (non-hydrogen) atoms. The van der Waals surface area contributed by atoms with E-state index < -0.39 is 12.1 Å². The maximum atomic E-state index is 10.6. The minimum absolute atomic E-state index is 0.372. The van der Waals surface area contributed by atoms with Crippen molar-refractivity contribution in [2.75, 3.05) is 6.61 Å². The van der Waals surface area contributed by atoms with Crippen LogP contribution in [0.3, 0.4) is 0 Å². The van der Waals surface area contributed by atoms with E-state index in [1.54, 1.807) is 0 Å². The Morgan fingerprint density at radius 3 is 1.94 bits per heavy atom. The van der Waals surface area contributed by atoms with Crippen molar-refractivity contribution in [1.29, 1.82) is 0 Å². The number of carbonyl (C=O) groups is 1. The van der Waals surface area contributed by atoms with Gasteiger partial charge < -0.3 is 10.2 Å². The maximum Gasteiger partial charge on any atom is 0.490 e. The third-order valence-electron chi connectivity index (χ3n) is 2.04. The van der Waals surface area contributed by atoms with Gasteiger partial charge in [-0.3, -0.25) is 0 Å². The fourth-order valence-electron chi connectivity index (χ4n) is 0.917. The first kappa shape index (κ1) is 17.6. The monoisotopic (exact) mass is 244 g/mol. The van der Waals surface area contributed by atoms with Crippen LogP contribution in [-0.2, 0) is 4.79 Å². The normalized spacial score (nSPS) is 12.6. The summed E-state index contributed by atoms with van der Waals surface area (Å²) in [5.41, 5.74) is 0. The number of hydrogen-bond donors (Lipinski definition) is 2. The second kappa shape index (κ2) is 9.45. The number of hydrogen-bond acceptors (Lipinski definition) is 2. The van der Waals surface area contributed by atoms with Crippen LogP contribution in [0, 0.1) is 5.92 Å². The summed E-state index contributed by atoms with van der Waals surface area (Å²) in [5.74, 6) is -2.20. The molecule has 0 bridgehead atoms. The molecule has 3 nitrogen and oxygen atoms in total. The predicted molar refractivity (Wildman–Crippen MR) is 54.1 cm³/mol. The van der Waals surface area contributed by atoms with Crippen LogP contribution in [0.25, 0.3) is 0 Å². The van der Waals surface area contributed by atoms with Gasteiger partial charge in [-0.1, -0.05) is 33.1 Å². The lowest BCUT2D eigenvalue weighted by molar-refractivity contribution is -0.192. The number of unbranched alkanes of at least 4 members (excludes halogenated alkanes) is 1. The standard InChI is InChI=1S/C8H18O.C2HF3O2/c1-3-5-6-8(4-2)7-9;3-2(4,5)1(6)7/h8-9H,3-7H2,1-2H3;(H,6,7). The Morgan fingerprint density at radius 2 is 1.75 bits per heavy atom. The Labute approximate surface area is 93.3 Å². The molecule has 0 aliphatic rings. The third-order valence-corrected chi connectivity index (χ3v) is 2.04. The van der Waals surface area contributed by atoms with Gasteiger partial charge in [-0.15, -0.1) is 0 Å². The molecule has 0 aromatic heterocycles. The van der Waals surface area contributed by atoms with Crippen LogP contribution in [0.4, 0.5) is 13.2 Å². The summed E-state index contributed by atoms with van der Waals surface area (Å²) in [5, 5.41) is 15.9. The topological polar surface area (TPSA) is 57.5 Å². The molecular weight excluding hydrogens is 225 g/mol. The first-order chi connectivity index (χ1) is 7.29. The molecule has 0 aliphatic heterocycles. The molecule has 0 radical (unpaired) electrons. The number of alkyl halides is 3. The first-order valence-corrected chi connectivity index (χ1v) is 5.20. The van der Waals surface area contributed by atoms with Gasteiger partial charge >= 0.3 is 12.1 Å². The van der Waals surface area contributed by atoms with Gasteiger partial charge in [0.25, 0.3) is 0 Å². The first-order valence-electron chi connectivity index (χ1n) is 5.20. The van der Waals surface area contributed by atoms with Crippen molar-refractivity contribution in [3.63, 3.8) is 0 Å². The van der Waals surface area contributed by atoms with Crippen LogP contribution < -0.4 is 0 Å². The summed E-state index contributed by atoms with van der Waals surface area (Å²) in [6.07, 6.45) is -0.254. The molecule has 0 saturated heterocycles. The maximum absolute atomic E-state index is 10.6. The van der Waals surface area contributed by atoms with Crippen LogP contribution in [0.15, 0.2) is 0 Å². The van der Waals surface area contributed by atoms with Gasteiger partial charge in [0.1, 0.15) is 0 Å². The van der Waals surface area contributed by atoms with Crippen LogP contribution in [0.5, 0.6) is 0 Å². The molecule has 6 heteroatoms. The number of carboxylic acids is 1. The molecule has 0 aromatic carbocycles. The van der Waals surface area contributed by atoms with Gasteiger partial charge in [0.2, 0.25) is 0 Å². The quantitative estimate of drug-likeness (QED) is 0.781. The molecule has 0 spiro atoms. The van der Waals surface area contributed by atoms with Gasteiger partial charge in [-0.25, -0.2) is 4.79 Å². The highest BCUT2D eigenvalue weighted by Gasteiger charge is 2.38. The highest BCUT2D eigenvalue weighted by atomic mass is 19.4.